The van der Waals surface area contributed by atoms with Crippen molar-refractivity contribution in [2.45, 2.75) is 26.4 Å². The second-order valence-electron chi connectivity index (χ2n) is 4.35. The van der Waals surface area contributed by atoms with Gasteiger partial charge in [-0.3, -0.25) is 4.79 Å². The fourth-order valence-corrected chi connectivity index (χ4v) is 1.58. The predicted octanol–water partition coefficient (Wildman–Crippen LogP) is 1.83. The molecule has 0 bridgehead atoms. The molecule has 6 heteroatoms. The average molecular weight is 266 g/mol. The second kappa shape index (κ2) is 6.17. The van der Waals surface area contributed by atoms with Gasteiger partial charge in [-0.2, -0.15) is 0 Å². The van der Waals surface area contributed by atoms with Gasteiger partial charge in [0.2, 0.25) is 0 Å². The number of rotatable bonds is 2. The average Bonchev–Trinajstić information content (AvgIpc) is 2.70. The molecule has 18 heavy (non-hydrogen) atoms. The quantitative estimate of drug-likeness (QED) is 0.655. The van der Waals surface area contributed by atoms with Crippen LogP contribution in [-0.4, -0.2) is 29.5 Å². The highest BCUT2D eigenvalue weighted by atomic mass is 32.1. The number of carbonyl (C=O) groups excluding carboxylic acids is 2. The molecule has 0 unspecified atom stereocenters. The lowest BCUT2D eigenvalue weighted by Gasteiger charge is -2.18. The summed E-state index contributed by atoms with van der Waals surface area (Å²) in [5.74, 6) is 5.47. The Morgan fingerprint density at radius 1 is 1.61 bits per heavy atom. The Balaban J connectivity index is 2.38. The van der Waals surface area contributed by atoms with Crippen molar-refractivity contribution in [1.29, 1.82) is 0 Å². The summed E-state index contributed by atoms with van der Waals surface area (Å²) >= 11 is 1.28. The molecule has 0 atom stereocenters. The van der Waals surface area contributed by atoms with E-state index >= 15 is 0 Å². The minimum Gasteiger partial charge on any atom is -0.444 e. The lowest BCUT2D eigenvalue weighted by Crippen LogP contribution is -2.32. The number of aromatic nitrogens is 1. The molecule has 0 radical (unpaired) electrons. The highest BCUT2D eigenvalue weighted by Gasteiger charge is 2.14. The van der Waals surface area contributed by atoms with Gasteiger partial charge in [0.15, 0.2) is 11.3 Å². The van der Waals surface area contributed by atoms with Crippen molar-refractivity contribution in [2.75, 3.05) is 6.54 Å². The number of ether oxygens (including phenoxy) is 1. The lowest BCUT2D eigenvalue weighted by atomic mass is 10.2. The molecule has 1 heterocycles. The Kier molecular flexibility index (Phi) is 4.86. The molecule has 1 aromatic rings. The molecule has 1 rings (SSSR count). The van der Waals surface area contributed by atoms with Gasteiger partial charge in [0, 0.05) is 5.38 Å². The molecule has 0 saturated heterocycles. The van der Waals surface area contributed by atoms with Crippen molar-refractivity contribution in [3.8, 4) is 11.8 Å². The third-order valence-electron chi connectivity index (χ3n) is 1.56. The molecule has 0 spiro atoms. The molecule has 5 nitrogen and oxygen atoms in total. The van der Waals surface area contributed by atoms with Crippen LogP contribution in [0.3, 0.4) is 0 Å². The molecule has 1 aromatic heterocycles. The van der Waals surface area contributed by atoms with E-state index in [4.69, 9.17) is 4.74 Å². The third kappa shape index (κ3) is 5.46. The molecular formula is C12H14N2O3S. The van der Waals surface area contributed by atoms with E-state index in [0.717, 1.165) is 0 Å². The first-order valence-corrected chi connectivity index (χ1v) is 6.15. The van der Waals surface area contributed by atoms with E-state index in [1.54, 1.807) is 26.2 Å². The highest BCUT2D eigenvalue weighted by Crippen LogP contribution is 2.06. The van der Waals surface area contributed by atoms with Gasteiger partial charge in [-0.15, -0.1) is 11.3 Å². The summed E-state index contributed by atoms with van der Waals surface area (Å²) in [6, 6.07) is 0. The monoisotopic (exact) mass is 266 g/mol. The summed E-state index contributed by atoms with van der Waals surface area (Å²) in [5, 5.41) is 4.67. The Hall–Kier alpha value is -1.87. The third-order valence-corrected chi connectivity index (χ3v) is 2.33. The largest absolute Gasteiger partial charge is 0.444 e. The zero-order valence-electron chi connectivity index (χ0n) is 10.4. The molecular weight excluding hydrogens is 252 g/mol. The number of aldehydes is 1. The van der Waals surface area contributed by atoms with E-state index in [0.29, 0.717) is 17.0 Å². The van der Waals surface area contributed by atoms with E-state index in [2.05, 4.69) is 22.1 Å². The highest BCUT2D eigenvalue weighted by molar-refractivity contribution is 7.10. The molecule has 0 aromatic carbocycles. The van der Waals surface area contributed by atoms with Gasteiger partial charge in [-0.05, 0) is 26.7 Å². The van der Waals surface area contributed by atoms with E-state index in [-0.39, 0.29) is 6.54 Å². The zero-order valence-corrected chi connectivity index (χ0v) is 11.3. The van der Waals surface area contributed by atoms with E-state index in [1.165, 1.54) is 11.3 Å². The number of nitrogens with zero attached hydrogens (tertiary/aromatic N) is 1. The van der Waals surface area contributed by atoms with E-state index < -0.39 is 11.7 Å². The minimum absolute atomic E-state index is 0.172. The van der Waals surface area contributed by atoms with Crippen molar-refractivity contribution in [3.05, 3.63) is 16.1 Å². The maximum absolute atomic E-state index is 11.3. The van der Waals surface area contributed by atoms with Crippen LogP contribution < -0.4 is 5.32 Å². The standard InChI is InChI=1S/C12H14N2O3S/c1-12(2,3)17-11(16)13-6-4-5-10-14-9(7-15)8-18-10/h7-8H,6H2,1-3H3,(H,13,16). The van der Waals surface area contributed by atoms with E-state index in [1.807, 2.05) is 0 Å². The number of nitrogens with one attached hydrogen (secondary N) is 1. The van der Waals surface area contributed by atoms with Gasteiger partial charge >= 0.3 is 6.09 Å². The molecule has 1 amide bonds. The summed E-state index contributed by atoms with van der Waals surface area (Å²) in [4.78, 5) is 25.6. The van der Waals surface area contributed by atoms with E-state index in [9.17, 15) is 9.59 Å². The van der Waals surface area contributed by atoms with Crippen molar-refractivity contribution < 1.29 is 14.3 Å². The van der Waals surface area contributed by atoms with Crippen LogP contribution in [0.2, 0.25) is 0 Å². The fraction of sp³-hybridized carbons (Fsp3) is 0.417. The zero-order chi connectivity index (χ0) is 13.6. The first kappa shape index (κ1) is 14.2. The van der Waals surface area contributed by atoms with Crippen molar-refractivity contribution in [3.63, 3.8) is 0 Å². The number of carbonyl (C=O) groups is 2. The Morgan fingerprint density at radius 2 is 2.33 bits per heavy atom. The van der Waals surface area contributed by atoms with Crippen LogP contribution in [0.1, 0.15) is 36.3 Å². The molecule has 96 valence electrons. The van der Waals surface area contributed by atoms with Crippen molar-refractivity contribution >= 4 is 23.7 Å². The van der Waals surface area contributed by atoms with Crippen molar-refractivity contribution in [1.82, 2.24) is 10.3 Å². The SMILES string of the molecule is CC(C)(C)OC(=O)NCC#Cc1nc(C=O)cs1. The van der Waals surface area contributed by atoms with Gasteiger partial charge in [-0.1, -0.05) is 5.92 Å². The summed E-state index contributed by atoms with van der Waals surface area (Å²) in [6.07, 6.45) is 0.158. The number of hydrogen-bond acceptors (Lipinski definition) is 5. The number of amides is 1. The smallest absolute Gasteiger partial charge is 0.408 e. The topological polar surface area (TPSA) is 68.3 Å². The van der Waals surface area contributed by atoms with Crippen LogP contribution in [-0.2, 0) is 4.74 Å². The first-order chi connectivity index (χ1) is 8.40. The molecule has 1 N–H and O–H groups in total. The molecule has 0 aliphatic carbocycles. The minimum atomic E-state index is -0.522. The van der Waals surface area contributed by atoms with Crippen LogP contribution in [0.25, 0.3) is 0 Å². The summed E-state index contributed by atoms with van der Waals surface area (Å²) in [6.45, 7) is 5.53. The van der Waals surface area contributed by atoms with Gasteiger partial charge < -0.3 is 10.1 Å². The van der Waals surface area contributed by atoms with Crippen LogP contribution in [0.15, 0.2) is 5.38 Å². The van der Waals surface area contributed by atoms with Gasteiger partial charge in [0.05, 0.1) is 6.54 Å². The Morgan fingerprint density at radius 3 is 2.89 bits per heavy atom. The van der Waals surface area contributed by atoms with Crippen molar-refractivity contribution in [2.24, 2.45) is 0 Å². The Labute approximate surface area is 110 Å². The van der Waals surface area contributed by atoms with Crippen LogP contribution in [0.4, 0.5) is 4.79 Å². The molecule has 0 fully saturated rings. The molecule has 0 saturated carbocycles. The second-order valence-corrected chi connectivity index (χ2v) is 5.21. The normalized spacial score (nSPS) is 10.2. The maximum Gasteiger partial charge on any atom is 0.408 e. The van der Waals surface area contributed by atoms with Gasteiger partial charge in [0.1, 0.15) is 11.3 Å². The molecule has 0 aliphatic rings. The Bertz CT molecular complexity index is 491. The number of alkyl carbamates (subject to hydrolysis) is 1. The molecule has 0 aliphatic heterocycles. The van der Waals surface area contributed by atoms with Gasteiger partial charge in [0.25, 0.3) is 0 Å². The summed E-state index contributed by atoms with van der Waals surface area (Å²) in [7, 11) is 0. The van der Waals surface area contributed by atoms with Crippen LogP contribution >= 0.6 is 11.3 Å². The maximum atomic E-state index is 11.3. The number of hydrogen-bond donors (Lipinski definition) is 1. The first-order valence-electron chi connectivity index (χ1n) is 5.27. The summed E-state index contributed by atoms with van der Waals surface area (Å²) < 4.78 is 5.03. The van der Waals surface area contributed by atoms with Crippen LogP contribution in [0.5, 0.6) is 0 Å². The van der Waals surface area contributed by atoms with Gasteiger partial charge in [-0.25, -0.2) is 9.78 Å². The predicted molar refractivity (Wildman–Crippen MR) is 68.6 cm³/mol. The summed E-state index contributed by atoms with van der Waals surface area (Å²) in [5.41, 5.74) is -0.157. The fourth-order valence-electron chi connectivity index (χ4n) is 0.948. The number of thiazole rings is 1. The lowest BCUT2D eigenvalue weighted by molar-refractivity contribution is 0.0535. The van der Waals surface area contributed by atoms with Crippen LogP contribution in [0, 0.1) is 11.8 Å².